The predicted octanol–water partition coefficient (Wildman–Crippen LogP) is 4.22. The van der Waals surface area contributed by atoms with Crippen LogP contribution in [0, 0.1) is 17.7 Å². The van der Waals surface area contributed by atoms with Crippen molar-refractivity contribution in [1.82, 2.24) is 9.97 Å². The van der Waals surface area contributed by atoms with Gasteiger partial charge in [0.05, 0.1) is 0 Å². The molecule has 0 saturated heterocycles. The quantitative estimate of drug-likeness (QED) is 0.701. The Labute approximate surface area is 150 Å². The molecular formula is C20H18N4O2. The number of aryl methyl sites for hydroxylation is 1. The number of benzene rings is 1. The van der Waals surface area contributed by atoms with E-state index in [1.54, 1.807) is 12.4 Å². The highest BCUT2D eigenvalue weighted by atomic mass is 16.3. The minimum atomic E-state index is 0.0516. The lowest BCUT2D eigenvalue weighted by Crippen LogP contribution is -2.14. The summed E-state index contributed by atoms with van der Waals surface area (Å²) < 4.78 is 0. The number of nitroso groups, excluding NO2 is 1. The van der Waals surface area contributed by atoms with Crippen LogP contribution in [0.3, 0.4) is 0 Å². The number of amides is 1. The molecule has 1 aromatic carbocycles. The first-order chi connectivity index (χ1) is 12.6. The van der Waals surface area contributed by atoms with E-state index in [1.165, 1.54) is 0 Å². The molecule has 2 heterocycles. The van der Waals surface area contributed by atoms with Gasteiger partial charge in [-0.15, -0.1) is 0 Å². The molecule has 1 fully saturated rings. The van der Waals surface area contributed by atoms with Gasteiger partial charge in [0.2, 0.25) is 5.91 Å². The van der Waals surface area contributed by atoms with Gasteiger partial charge in [-0.25, -0.2) is 4.98 Å². The smallest absolute Gasteiger partial charge is 0.228 e. The zero-order chi connectivity index (χ0) is 18.1. The number of anilines is 1. The van der Waals surface area contributed by atoms with Crippen LogP contribution in [-0.2, 0) is 11.3 Å². The van der Waals surface area contributed by atoms with Crippen LogP contribution in [0.15, 0.2) is 47.9 Å². The van der Waals surface area contributed by atoms with Gasteiger partial charge in [0, 0.05) is 35.0 Å². The fourth-order valence-electron chi connectivity index (χ4n) is 2.98. The standard InChI is InChI=1S/C20H18N4O2/c1-12-18(6-13(9-21-12)10-23-26)16-5-4-15-8-19(22-11-17(15)7-16)24-20(25)14-2-3-14/h4-9,11,14H,2-3,10H2,1H3,(H,22,24,25). The SMILES string of the molecule is Cc1ncc(CN=O)cc1-c1ccc2cc(NC(=O)C3CC3)ncc2c1. The van der Waals surface area contributed by atoms with Crippen molar-refractivity contribution in [2.45, 2.75) is 26.3 Å². The van der Waals surface area contributed by atoms with Crippen LogP contribution in [0.2, 0.25) is 0 Å². The molecule has 6 nitrogen and oxygen atoms in total. The molecule has 0 spiro atoms. The van der Waals surface area contributed by atoms with Crippen LogP contribution in [-0.4, -0.2) is 15.9 Å². The van der Waals surface area contributed by atoms with Crippen LogP contribution in [0.5, 0.6) is 0 Å². The Balaban J connectivity index is 1.66. The Morgan fingerprint density at radius 3 is 2.77 bits per heavy atom. The normalized spacial score (nSPS) is 13.6. The summed E-state index contributed by atoms with van der Waals surface area (Å²) in [5.74, 6) is 0.785. The van der Waals surface area contributed by atoms with Crippen LogP contribution < -0.4 is 5.32 Å². The maximum atomic E-state index is 11.9. The van der Waals surface area contributed by atoms with Gasteiger partial charge in [0.15, 0.2) is 0 Å². The van der Waals surface area contributed by atoms with Gasteiger partial charge < -0.3 is 5.32 Å². The summed E-state index contributed by atoms with van der Waals surface area (Å²) in [4.78, 5) is 31.1. The minimum Gasteiger partial charge on any atom is -0.310 e. The molecule has 0 unspecified atom stereocenters. The van der Waals surface area contributed by atoms with E-state index in [0.717, 1.165) is 46.0 Å². The first kappa shape index (κ1) is 16.3. The number of carbonyl (C=O) groups excluding carboxylic acids is 1. The molecule has 1 aliphatic carbocycles. The summed E-state index contributed by atoms with van der Waals surface area (Å²) in [6.45, 7) is 2.05. The van der Waals surface area contributed by atoms with Crippen LogP contribution in [0.1, 0.15) is 24.1 Å². The first-order valence-corrected chi connectivity index (χ1v) is 8.60. The predicted molar refractivity (Wildman–Crippen MR) is 101 cm³/mol. The summed E-state index contributed by atoms with van der Waals surface area (Å²) in [6.07, 6.45) is 5.38. The number of fused-ring (bicyclic) bond motifs is 1. The number of nitrogens with one attached hydrogen (secondary N) is 1. The monoisotopic (exact) mass is 346 g/mol. The molecule has 4 rings (SSSR count). The average Bonchev–Trinajstić information content (AvgIpc) is 3.48. The third-order valence-electron chi connectivity index (χ3n) is 4.62. The molecule has 1 N–H and O–H groups in total. The van der Waals surface area contributed by atoms with E-state index in [0.29, 0.717) is 5.82 Å². The third kappa shape index (κ3) is 3.31. The zero-order valence-corrected chi connectivity index (χ0v) is 14.4. The number of hydrogen-bond donors (Lipinski definition) is 1. The van der Waals surface area contributed by atoms with Crippen molar-refractivity contribution in [1.29, 1.82) is 0 Å². The molecule has 0 atom stereocenters. The summed E-state index contributed by atoms with van der Waals surface area (Å²) >= 11 is 0. The Kier molecular flexibility index (Phi) is 4.16. The van der Waals surface area contributed by atoms with Crippen molar-refractivity contribution in [2.24, 2.45) is 11.1 Å². The number of nitrogens with zero attached hydrogens (tertiary/aromatic N) is 3. The summed E-state index contributed by atoms with van der Waals surface area (Å²) in [5.41, 5.74) is 3.66. The molecule has 2 aromatic heterocycles. The largest absolute Gasteiger partial charge is 0.310 e. The summed E-state index contributed by atoms with van der Waals surface area (Å²) in [6, 6.07) is 9.89. The van der Waals surface area contributed by atoms with E-state index in [1.807, 2.05) is 37.3 Å². The molecular weight excluding hydrogens is 328 g/mol. The van der Waals surface area contributed by atoms with Crippen LogP contribution >= 0.6 is 0 Å². The van der Waals surface area contributed by atoms with Crippen molar-refractivity contribution in [3.63, 3.8) is 0 Å². The van der Waals surface area contributed by atoms with Gasteiger partial charge in [-0.2, -0.15) is 4.91 Å². The Hall–Kier alpha value is -3.15. The highest BCUT2D eigenvalue weighted by Crippen LogP contribution is 2.31. The van der Waals surface area contributed by atoms with Gasteiger partial charge in [-0.1, -0.05) is 17.3 Å². The molecule has 0 bridgehead atoms. The lowest BCUT2D eigenvalue weighted by Gasteiger charge is -2.09. The zero-order valence-electron chi connectivity index (χ0n) is 14.4. The van der Waals surface area contributed by atoms with Crippen molar-refractivity contribution in [2.75, 3.05) is 5.32 Å². The van der Waals surface area contributed by atoms with Crippen LogP contribution in [0.25, 0.3) is 21.9 Å². The van der Waals surface area contributed by atoms with E-state index >= 15 is 0 Å². The Morgan fingerprint density at radius 2 is 2.00 bits per heavy atom. The van der Waals surface area contributed by atoms with E-state index in [-0.39, 0.29) is 18.4 Å². The summed E-state index contributed by atoms with van der Waals surface area (Å²) in [7, 11) is 0. The first-order valence-electron chi connectivity index (χ1n) is 8.60. The van der Waals surface area contributed by atoms with Gasteiger partial charge >= 0.3 is 0 Å². The molecule has 26 heavy (non-hydrogen) atoms. The van der Waals surface area contributed by atoms with Crippen LogP contribution in [0.4, 0.5) is 5.82 Å². The number of hydrogen-bond acceptors (Lipinski definition) is 5. The molecule has 0 radical (unpaired) electrons. The minimum absolute atomic E-state index is 0.0516. The Morgan fingerprint density at radius 1 is 1.15 bits per heavy atom. The lowest BCUT2D eigenvalue weighted by atomic mass is 10.00. The van der Waals surface area contributed by atoms with E-state index < -0.39 is 0 Å². The fraction of sp³-hybridized carbons (Fsp3) is 0.250. The molecule has 3 aromatic rings. The van der Waals surface area contributed by atoms with Crippen molar-refractivity contribution < 1.29 is 4.79 Å². The van der Waals surface area contributed by atoms with E-state index in [2.05, 4.69) is 20.5 Å². The second-order valence-corrected chi connectivity index (χ2v) is 6.66. The van der Waals surface area contributed by atoms with Gasteiger partial charge in [0.1, 0.15) is 12.4 Å². The molecule has 1 amide bonds. The molecule has 1 aliphatic rings. The third-order valence-corrected chi connectivity index (χ3v) is 4.62. The molecule has 1 saturated carbocycles. The number of aromatic nitrogens is 2. The second kappa shape index (κ2) is 6.63. The fourth-order valence-corrected chi connectivity index (χ4v) is 2.98. The lowest BCUT2D eigenvalue weighted by molar-refractivity contribution is -0.117. The number of pyridine rings is 2. The van der Waals surface area contributed by atoms with Gasteiger partial charge in [0.25, 0.3) is 0 Å². The number of rotatable bonds is 5. The highest BCUT2D eigenvalue weighted by molar-refractivity contribution is 5.96. The highest BCUT2D eigenvalue weighted by Gasteiger charge is 2.29. The van der Waals surface area contributed by atoms with Crippen molar-refractivity contribution in [3.8, 4) is 11.1 Å². The Bertz CT molecular complexity index is 1010. The van der Waals surface area contributed by atoms with Gasteiger partial charge in [-0.05, 0) is 54.5 Å². The van der Waals surface area contributed by atoms with Crippen molar-refractivity contribution >= 4 is 22.5 Å². The molecule has 6 heteroatoms. The topological polar surface area (TPSA) is 84.3 Å². The second-order valence-electron chi connectivity index (χ2n) is 6.66. The van der Waals surface area contributed by atoms with E-state index in [4.69, 9.17) is 0 Å². The maximum Gasteiger partial charge on any atom is 0.228 e. The molecule has 130 valence electrons. The van der Waals surface area contributed by atoms with Gasteiger partial charge in [-0.3, -0.25) is 9.78 Å². The van der Waals surface area contributed by atoms with E-state index in [9.17, 15) is 9.70 Å². The summed E-state index contributed by atoms with van der Waals surface area (Å²) in [5, 5.41) is 7.79. The number of carbonyl (C=O) groups is 1. The maximum absolute atomic E-state index is 11.9. The average molecular weight is 346 g/mol. The molecule has 0 aliphatic heterocycles. The van der Waals surface area contributed by atoms with Crippen molar-refractivity contribution in [3.05, 3.63) is 58.9 Å².